The van der Waals surface area contributed by atoms with Gasteiger partial charge in [0.25, 0.3) is 0 Å². The quantitative estimate of drug-likeness (QED) is 0.627. The van der Waals surface area contributed by atoms with Crippen LogP contribution in [0.25, 0.3) is 0 Å². The molecule has 1 nitrogen and oxygen atoms in total. The predicted octanol–water partition coefficient (Wildman–Crippen LogP) is 1.77. The van der Waals surface area contributed by atoms with Crippen LogP contribution in [0.3, 0.4) is 0 Å². The normalized spacial score (nSPS) is 13.5. The van der Waals surface area contributed by atoms with Crippen LogP contribution in [0.4, 0.5) is 8.78 Å². The Morgan fingerprint density at radius 1 is 1.55 bits per heavy atom. The Morgan fingerprint density at radius 3 is 2.45 bits per heavy atom. The predicted molar refractivity (Wildman–Crippen MR) is 41.3 cm³/mol. The molecule has 0 fully saturated rings. The molecule has 0 amide bonds. The molecular formula is C8H13F2N. The van der Waals surface area contributed by atoms with Crippen LogP contribution in [0.5, 0.6) is 0 Å². The maximum absolute atomic E-state index is 12.6. The minimum Gasteiger partial charge on any atom is -0.328 e. The van der Waals surface area contributed by atoms with Gasteiger partial charge >= 0.3 is 5.92 Å². The molecule has 0 spiro atoms. The van der Waals surface area contributed by atoms with Crippen molar-refractivity contribution in [3.05, 3.63) is 0 Å². The van der Waals surface area contributed by atoms with Gasteiger partial charge in [-0.15, -0.1) is 5.92 Å². The van der Waals surface area contributed by atoms with Gasteiger partial charge < -0.3 is 5.73 Å². The van der Waals surface area contributed by atoms with Gasteiger partial charge in [0.05, 0.1) is 0 Å². The number of halogens is 2. The molecule has 64 valence electrons. The molecule has 0 aromatic carbocycles. The summed E-state index contributed by atoms with van der Waals surface area (Å²) in [6, 6.07) is -0.181. The van der Waals surface area contributed by atoms with Gasteiger partial charge in [-0.3, -0.25) is 0 Å². The van der Waals surface area contributed by atoms with E-state index in [2.05, 4.69) is 5.92 Å². The Bertz CT molecular complexity index is 165. The van der Waals surface area contributed by atoms with Crippen LogP contribution in [-0.4, -0.2) is 12.0 Å². The van der Waals surface area contributed by atoms with Crippen LogP contribution in [0, 0.1) is 11.8 Å². The first kappa shape index (κ1) is 10.4. The van der Waals surface area contributed by atoms with Crippen molar-refractivity contribution < 1.29 is 8.78 Å². The van der Waals surface area contributed by atoms with Crippen LogP contribution < -0.4 is 5.73 Å². The molecule has 3 heteroatoms. The van der Waals surface area contributed by atoms with Crippen molar-refractivity contribution in [3.63, 3.8) is 0 Å². The monoisotopic (exact) mass is 161 g/mol. The van der Waals surface area contributed by atoms with Crippen LogP contribution in [0.2, 0.25) is 0 Å². The molecule has 0 rings (SSSR count). The maximum atomic E-state index is 12.6. The van der Waals surface area contributed by atoms with E-state index in [0.717, 1.165) is 0 Å². The van der Waals surface area contributed by atoms with E-state index in [9.17, 15) is 8.78 Å². The Morgan fingerprint density at radius 2 is 2.09 bits per heavy atom. The molecule has 0 aromatic heterocycles. The highest BCUT2D eigenvalue weighted by Crippen LogP contribution is 2.19. The van der Waals surface area contributed by atoms with E-state index in [1.807, 2.05) is 5.92 Å². The van der Waals surface area contributed by atoms with Crippen molar-refractivity contribution >= 4 is 0 Å². The fraction of sp³-hybridized carbons (Fsp3) is 0.750. The molecule has 0 aliphatic rings. The van der Waals surface area contributed by atoms with Crippen molar-refractivity contribution in [1.29, 1.82) is 0 Å². The van der Waals surface area contributed by atoms with Crippen molar-refractivity contribution in [3.8, 4) is 11.8 Å². The third-order valence-corrected chi connectivity index (χ3v) is 1.22. The van der Waals surface area contributed by atoms with E-state index in [-0.39, 0.29) is 12.5 Å². The fourth-order valence-corrected chi connectivity index (χ4v) is 0.654. The summed E-state index contributed by atoms with van der Waals surface area (Å²) >= 11 is 0. The van der Waals surface area contributed by atoms with Crippen LogP contribution >= 0.6 is 0 Å². The highest BCUT2D eigenvalue weighted by Gasteiger charge is 2.25. The summed E-state index contributed by atoms with van der Waals surface area (Å²) in [6.07, 6.45) is 0.0627. The first-order valence-electron chi connectivity index (χ1n) is 3.55. The average Bonchev–Trinajstić information content (AvgIpc) is 1.84. The molecule has 0 aromatic rings. The Balaban J connectivity index is 3.79. The van der Waals surface area contributed by atoms with Crippen LogP contribution in [0.15, 0.2) is 0 Å². The van der Waals surface area contributed by atoms with E-state index in [0.29, 0.717) is 6.42 Å². The minimum atomic E-state index is -2.86. The number of rotatable bonds is 3. The van der Waals surface area contributed by atoms with Gasteiger partial charge in [0, 0.05) is 12.5 Å². The minimum absolute atomic E-state index is 0.181. The smallest absolute Gasteiger partial charge is 0.308 e. The van der Waals surface area contributed by atoms with Gasteiger partial charge in [-0.1, -0.05) is 0 Å². The second-order valence-corrected chi connectivity index (χ2v) is 2.60. The van der Waals surface area contributed by atoms with Gasteiger partial charge in [-0.05, 0) is 26.2 Å². The van der Waals surface area contributed by atoms with E-state index in [1.165, 1.54) is 6.92 Å². The Kier molecular flexibility index (Phi) is 4.06. The van der Waals surface area contributed by atoms with E-state index in [1.54, 1.807) is 6.92 Å². The molecule has 0 radical (unpaired) electrons. The summed E-state index contributed by atoms with van der Waals surface area (Å²) in [7, 11) is 0. The van der Waals surface area contributed by atoms with Crippen molar-refractivity contribution in [2.75, 3.05) is 0 Å². The van der Waals surface area contributed by atoms with E-state index in [4.69, 9.17) is 5.73 Å². The molecular weight excluding hydrogens is 148 g/mol. The summed E-state index contributed by atoms with van der Waals surface area (Å²) in [4.78, 5) is 0. The lowest BCUT2D eigenvalue weighted by atomic mass is 10.1. The topological polar surface area (TPSA) is 26.0 Å². The lowest BCUT2D eigenvalue weighted by molar-refractivity contribution is 0.0528. The standard InChI is InChI=1S/C8H13F2N/c1-3-5-8(9,10)6-4-7(2)11/h7H,4,6,11H2,1-2H3. The zero-order chi connectivity index (χ0) is 8.91. The first-order chi connectivity index (χ1) is 4.98. The molecule has 0 bridgehead atoms. The second-order valence-electron chi connectivity index (χ2n) is 2.60. The van der Waals surface area contributed by atoms with Crippen molar-refractivity contribution in [1.82, 2.24) is 0 Å². The molecule has 11 heavy (non-hydrogen) atoms. The van der Waals surface area contributed by atoms with E-state index < -0.39 is 5.92 Å². The van der Waals surface area contributed by atoms with Gasteiger partial charge in [0.15, 0.2) is 0 Å². The Labute approximate surface area is 66.0 Å². The third kappa shape index (κ3) is 5.81. The molecule has 0 aliphatic heterocycles. The first-order valence-corrected chi connectivity index (χ1v) is 3.55. The summed E-state index contributed by atoms with van der Waals surface area (Å²) in [5, 5.41) is 0. The zero-order valence-electron chi connectivity index (χ0n) is 6.82. The molecule has 0 saturated carbocycles. The zero-order valence-corrected chi connectivity index (χ0v) is 6.82. The van der Waals surface area contributed by atoms with Gasteiger partial charge in [-0.2, -0.15) is 8.78 Å². The maximum Gasteiger partial charge on any atom is 0.308 e. The van der Waals surface area contributed by atoms with Crippen molar-refractivity contribution in [2.24, 2.45) is 5.73 Å². The number of nitrogens with two attached hydrogens (primary N) is 1. The van der Waals surface area contributed by atoms with Gasteiger partial charge in [-0.25, -0.2) is 0 Å². The van der Waals surface area contributed by atoms with Crippen molar-refractivity contribution in [2.45, 2.75) is 38.7 Å². The second kappa shape index (κ2) is 4.30. The lowest BCUT2D eigenvalue weighted by Crippen LogP contribution is -2.21. The fourth-order valence-electron chi connectivity index (χ4n) is 0.654. The summed E-state index contributed by atoms with van der Waals surface area (Å²) in [6.45, 7) is 3.11. The molecule has 0 aliphatic carbocycles. The summed E-state index contributed by atoms with van der Waals surface area (Å²) < 4.78 is 25.1. The van der Waals surface area contributed by atoms with Gasteiger partial charge in [0.1, 0.15) is 0 Å². The molecule has 0 saturated heterocycles. The number of hydrogen-bond acceptors (Lipinski definition) is 1. The molecule has 1 unspecified atom stereocenters. The summed E-state index contributed by atoms with van der Waals surface area (Å²) in [5.74, 6) is 1.17. The van der Waals surface area contributed by atoms with Crippen LogP contribution in [0.1, 0.15) is 26.7 Å². The molecule has 0 heterocycles. The molecule has 1 atom stereocenters. The van der Waals surface area contributed by atoms with Crippen LogP contribution in [-0.2, 0) is 0 Å². The number of hydrogen-bond donors (Lipinski definition) is 1. The highest BCUT2D eigenvalue weighted by atomic mass is 19.3. The van der Waals surface area contributed by atoms with Gasteiger partial charge in [0.2, 0.25) is 0 Å². The highest BCUT2D eigenvalue weighted by molar-refractivity contribution is 5.07. The third-order valence-electron chi connectivity index (χ3n) is 1.22. The summed E-state index contributed by atoms with van der Waals surface area (Å²) in [5.41, 5.74) is 5.31. The number of alkyl halides is 2. The largest absolute Gasteiger partial charge is 0.328 e. The SMILES string of the molecule is CC#CC(F)(F)CCC(C)N. The Hall–Kier alpha value is -0.620. The lowest BCUT2D eigenvalue weighted by Gasteiger charge is -2.10. The van der Waals surface area contributed by atoms with E-state index >= 15 is 0 Å². The average molecular weight is 161 g/mol. The molecule has 2 N–H and O–H groups in total.